The Hall–Kier alpha value is -0.300. The first-order valence-electron chi connectivity index (χ1n) is 4.48. The SMILES string of the molecule is CC(C)(C)C1C=CCCNC1. The van der Waals surface area contributed by atoms with E-state index in [0.29, 0.717) is 11.3 Å². The Morgan fingerprint density at radius 3 is 2.73 bits per heavy atom. The number of nitrogens with one attached hydrogen (secondary N) is 1. The van der Waals surface area contributed by atoms with Gasteiger partial charge in [0, 0.05) is 6.54 Å². The molecule has 1 aliphatic heterocycles. The van der Waals surface area contributed by atoms with Crippen molar-refractivity contribution >= 4 is 0 Å². The maximum Gasteiger partial charge on any atom is 0.00193 e. The standard InChI is InChI=1S/C10H19N/c1-10(2,3)9-6-4-5-7-11-8-9/h4,6,9,11H,5,7-8H2,1-3H3. The third-order valence-corrected chi connectivity index (χ3v) is 2.33. The molecule has 0 amide bonds. The Bertz CT molecular complexity index is 141. The Morgan fingerprint density at radius 2 is 2.09 bits per heavy atom. The van der Waals surface area contributed by atoms with Gasteiger partial charge in [-0.2, -0.15) is 0 Å². The highest BCUT2D eigenvalue weighted by Gasteiger charge is 2.21. The predicted octanol–water partition coefficient (Wildman–Crippen LogP) is 2.20. The van der Waals surface area contributed by atoms with E-state index in [4.69, 9.17) is 0 Å². The molecule has 1 aliphatic rings. The Morgan fingerprint density at radius 1 is 1.36 bits per heavy atom. The molecule has 64 valence electrons. The van der Waals surface area contributed by atoms with Gasteiger partial charge in [-0.1, -0.05) is 32.9 Å². The molecule has 0 aromatic carbocycles. The molecule has 1 heterocycles. The maximum atomic E-state index is 3.44. The minimum absolute atomic E-state index is 0.411. The lowest BCUT2D eigenvalue weighted by Crippen LogP contribution is -2.29. The third kappa shape index (κ3) is 2.66. The lowest BCUT2D eigenvalue weighted by molar-refractivity contribution is 0.287. The second kappa shape index (κ2) is 3.40. The van der Waals surface area contributed by atoms with Crippen LogP contribution in [0.15, 0.2) is 12.2 Å². The normalized spacial score (nSPS) is 26.6. The average Bonchev–Trinajstić information content (AvgIpc) is 2.10. The van der Waals surface area contributed by atoms with Crippen molar-refractivity contribution in [3.8, 4) is 0 Å². The highest BCUT2D eigenvalue weighted by Crippen LogP contribution is 2.27. The molecule has 0 fully saturated rings. The summed E-state index contributed by atoms with van der Waals surface area (Å²) < 4.78 is 0. The fraction of sp³-hybridized carbons (Fsp3) is 0.800. The van der Waals surface area contributed by atoms with Gasteiger partial charge in [0.05, 0.1) is 0 Å². The molecular formula is C10H19N. The summed E-state index contributed by atoms with van der Waals surface area (Å²) in [4.78, 5) is 0. The Labute approximate surface area is 69.9 Å². The van der Waals surface area contributed by atoms with Crippen LogP contribution < -0.4 is 5.32 Å². The lowest BCUT2D eigenvalue weighted by Gasteiger charge is -2.27. The number of hydrogen-bond acceptors (Lipinski definition) is 1. The van der Waals surface area contributed by atoms with Gasteiger partial charge in [0.15, 0.2) is 0 Å². The van der Waals surface area contributed by atoms with Gasteiger partial charge in [-0.05, 0) is 24.3 Å². The molecule has 0 bridgehead atoms. The molecule has 1 nitrogen and oxygen atoms in total. The molecule has 1 rings (SSSR count). The van der Waals surface area contributed by atoms with Crippen molar-refractivity contribution in [3.05, 3.63) is 12.2 Å². The largest absolute Gasteiger partial charge is 0.316 e. The topological polar surface area (TPSA) is 12.0 Å². The molecule has 1 N–H and O–H groups in total. The smallest absolute Gasteiger partial charge is 0.00193 e. The van der Waals surface area contributed by atoms with Crippen molar-refractivity contribution in [2.24, 2.45) is 11.3 Å². The highest BCUT2D eigenvalue weighted by atomic mass is 14.9. The van der Waals surface area contributed by atoms with Crippen LogP contribution in [0, 0.1) is 11.3 Å². The molecule has 0 aliphatic carbocycles. The van der Waals surface area contributed by atoms with Gasteiger partial charge in [0.25, 0.3) is 0 Å². The van der Waals surface area contributed by atoms with Crippen molar-refractivity contribution in [1.29, 1.82) is 0 Å². The summed E-state index contributed by atoms with van der Waals surface area (Å²) in [6.07, 6.45) is 5.85. The van der Waals surface area contributed by atoms with Crippen LogP contribution >= 0.6 is 0 Å². The van der Waals surface area contributed by atoms with E-state index < -0.39 is 0 Å². The zero-order valence-corrected chi connectivity index (χ0v) is 7.85. The summed E-state index contributed by atoms with van der Waals surface area (Å²) >= 11 is 0. The van der Waals surface area contributed by atoms with Crippen LogP contribution in [0.1, 0.15) is 27.2 Å². The van der Waals surface area contributed by atoms with Gasteiger partial charge in [0.1, 0.15) is 0 Å². The Balaban J connectivity index is 2.56. The van der Waals surface area contributed by atoms with Crippen LogP contribution in [0.3, 0.4) is 0 Å². The fourth-order valence-corrected chi connectivity index (χ4v) is 1.37. The summed E-state index contributed by atoms with van der Waals surface area (Å²) in [6.45, 7) is 9.18. The minimum atomic E-state index is 0.411. The van der Waals surface area contributed by atoms with Crippen LogP contribution in [-0.2, 0) is 0 Å². The maximum absolute atomic E-state index is 3.44. The summed E-state index contributed by atoms with van der Waals surface area (Å²) in [7, 11) is 0. The number of rotatable bonds is 0. The minimum Gasteiger partial charge on any atom is -0.316 e. The first-order chi connectivity index (χ1) is 5.11. The van der Waals surface area contributed by atoms with E-state index in [1.54, 1.807) is 0 Å². The average molecular weight is 153 g/mol. The van der Waals surface area contributed by atoms with Crippen molar-refractivity contribution in [2.75, 3.05) is 13.1 Å². The van der Waals surface area contributed by atoms with Crippen LogP contribution in [0.25, 0.3) is 0 Å². The van der Waals surface area contributed by atoms with Gasteiger partial charge in [-0.3, -0.25) is 0 Å². The molecule has 0 aromatic rings. The van der Waals surface area contributed by atoms with E-state index in [1.165, 1.54) is 6.42 Å². The molecule has 0 aromatic heterocycles. The molecule has 0 saturated carbocycles. The third-order valence-electron chi connectivity index (χ3n) is 2.33. The zero-order valence-electron chi connectivity index (χ0n) is 7.85. The van der Waals surface area contributed by atoms with Crippen molar-refractivity contribution in [1.82, 2.24) is 5.32 Å². The van der Waals surface area contributed by atoms with E-state index in [0.717, 1.165) is 13.1 Å². The van der Waals surface area contributed by atoms with Gasteiger partial charge < -0.3 is 5.32 Å². The molecule has 11 heavy (non-hydrogen) atoms. The highest BCUT2D eigenvalue weighted by molar-refractivity contribution is 4.97. The predicted molar refractivity (Wildman–Crippen MR) is 49.6 cm³/mol. The first-order valence-corrected chi connectivity index (χ1v) is 4.48. The van der Waals surface area contributed by atoms with Crippen LogP contribution in [0.4, 0.5) is 0 Å². The monoisotopic (exact) mass is 153 g/mol. The second-order valence-corrected chi connectivity index (χ2v) is 4.39. The summed E-state index contributed by atoms with van der Waals surface area (Å²) in [6, 6.07) is 0. The summed E-state index contributed by atoms with van der Waals surface area (Å²) in [5.41, 5.74) is 0.411. The van der Waals surface area contributed by atoms with Crippen LogP contribution in [-0.4, -0.2) is 13.1 Å². The molecule has 0 spiro atoms. The van der Waals surface area contributed by atoms with E-state index in [1.807, 2.05) is 0 Å². The van der Waals surface area contributed by atoms with E-state index in [-0.39, 0.29) is 0 Å². The van der Waals surface area contributed by atoms with E-state index in [2.05, 4.69) is 38.2 Å². The zero-order chi connectivity index (χ0) is 8.32. The van der Waals surface area contributed by atoms with Crippen molar-refractivity contribution < 1.29 is 0 Å². The Kier molecular flexibility index (Phi) is 2.72. The van der Waals surface area contributed by atoms with Gasteiger partial charge >= 0.3 is 0 Å². The summed E-state index contributed by atoms with van der Waals surface area (Å²) in [5.74, 6) is 0.699. The van der Waals surface area contributed by atoms with Crippen LogP contribution in [0.2, 0.25) is 0 Å². The molecular weight excluding hydrogens is 134 g/mol. The first kappa shape index (κ1) is 8.79. The van der Waals surface area contributed by atoms with Gasteiger partial charge in [-0.15, -0.1) is 0 Å². The van der Waals surface area contributed by atoms with E-state index in [9.17, 15) is 0 Å². The van der Waals surface area contributed by atoms with Crippen molar-refractivity contribution in [2.45, 2.75) is 27.2 Å². The van der Waals surface area contributed by atoms with E-state index >= 15 is 0 Å². The molecule has 1 heteroatoms. The molecule has 1 atom stereocenters. The molecule has 1 unspecified atom stereocenters. The quantitative estimate of drug-likeness (QED) is 0.526. The number of hydrogen-bond donors (Lipinski definition) is 1. The van der Waals surface area contributed by atoms with Crippen LogP contribution in [0.5, 0.6) is 0 Å². The summed E-state index contributed by atoms with van der Waals surface area (Å²) in [5, 5.41) is 3.44. The fourth-order valence-electron chi connectivity index (χ4n) is 1.37. The lowest BCUT2D eigenvalue weighted by atomic mass is 9.80. The molecule has 0 radical (unpaired) electrons. The van der Waals surface area contributed by atoms with Gasteiger partial charge in [-0.25, -0.2) is 0 Å². The second-order valence-electron chi connectivity index (χ2n) is 4.39. The molecule has 0 saturated heterocycles. The van der Waals surface area contributed by atoms with Gasteiger partial charge in [0.2, 0.25) is 0 Å². The van der Waals surface area contributed by atoms with Crippen molar-refractivity contribution in [3.63, 3.8) is 0 Å².